The molecule has 1 aromatic rings. The van der Waals surface area contributed by atoms with Gasteiger partial charge in [-0.25, -0.2) is 0 Å². The molecular formula is C14H22ClNO. The van der Waals surface area contributed by atoms with E-state index in [0.29, 0.717) is 12.1 Å². The average molecular weight is 256 g/mol. The minimum atomic E-state index is 0.379. The average Bonchev–Trinajstić information content (AvgIpc) is 2.26. The van der Waals surface area contributed by atoms with Crippen molar-refractivity contribution in [3.05, 3.63) is 34.9 Å². The van der Waals surface area contributed by atoms with Gasteiger partial charge < -0.3 is 10.1 Å². The van der Waals surface area contributed by atoms with Crippen LogP contribution in [0, 0.1) is 0 Å². The molecular weight excluding hydrogens is 234 g/mol. The zero-order valence-corrected chi connectivity index (χ0v) is 11.6. The van der Waals surface area contributed by atoms with E-state index in [1.54, 1.807) is 0 Å². The van der Waals surface area contributed by atoms with E-state index in [2.05, 4.69) is 25.2 Å². The summed E-state index contributed by atoms with van der Waals surface area (Å²) in [6, 6.07) is 8.83. The summed E-state index contributed by atoms with van der Waals surface area (Å²) < 4.78 is 5.38. The molecule has 0 aromatic heterocycles. The van der Waals surface area contributed by atoms with E-state index in [1.165, 1.54) is 5.56 Å². The molecule has 0 aliphatic heterocycles. The van der Waals surface area contributed by atoms with Gasteiger partial charge in [-0.15, -0.1) is 0 Å². The summed E-state index contributed by atoms with van der Waals surface area (Å²) in [5.74, 6) is 0. The highest BCUT2D eigenvalue weighted by Crippen LogP contribution is 2.12. The summed E-state index contributed by atoms with van der Waals surface area (Å²) in [6.07, 6.45) is 0.983. The fraction of sp³-hybridized carbons (Fsp3) is 0.571. The lowest BCUT2D eigenvalue weighted by molar-refractivity contribution is 0.124. The van der Waals surface area contributed by atoms with E-state index < -0.39 is 0 Å². The molecule has 0 aliphatic rings. The Morgan fingerprint density at radius 3 is 2.71 bits per heavy atom. The summed E-state index contributed by atoms with van der Waals surface area (Å²) in [5.41, 5.74) is 1.26. The van der Waals surface area contributed by atoms with Gasteiger partial charge >= 0.3 is 0 Å². The molecule has 0 saturated heterocycles. The molecule has 0 spiro atoms. The second kappa shape index (κ2) is 7.70. The molecule has 2 nitrogen and oxygen atoms in total. The van der Waals surface area contributed by atoms with E-state index in [4.69, 9.17) is 16.3 Å². The monoisotopic (exact) mass is 255 g/mol. The van der Waals surface area contributed by atoms with Crippen LogP contribution in [0.3, 0.4) is 0 Å². The molecule has 0 aliphatic carbocycles. The van der Waals surface area contributed by atoms with Gasteiger partial charge in [-0.1, -0.05) is 23.7 Å². The fourth-order valence-corrected chi connectivity index (χ4v) is 2.12. The number of rotatable bonds is 7. The first kappa shape index (κ1) is 14.5. The fourth-order valence-electron chi connectivity index (χ4n) is 1.90. The second-order valence-corrected chi connectivity index (χ2v) is 4.90. The highest BCUT2D eigenvalue weighted by molar-refractivity contribution is 6.30. The Bertz CT molecular complexity index is 330. The Labute approximate surface area is 109 Å². The lowest BCUT2D eigenvalue weighted by Crippen LogP contribution is -2.38. The molecule has 1 N–H and O–H groups in total. The van der Waals surface area contributed by atoms with Crippen molar-refractivity contribution in [1.29, 1.82) is 0 Å². The smallest absolute Gasteiger partial charge is 0.0616 e. The van der Waals surface area contributed by atoms with Crippen LogP contribution >= 0.6 is 11.6 Å². The van der Waals surface area contributed by atoms with Gasteiger partial charge in [-0.2, -0.15) is 0 Å². The highest BCUT2D eigenvalue weighted by Gasteiger charge is 2.08. The zero-order valence-electron chi connectivity index (χ0n) is 10.9. The number of ether oxygens (including phenoxy) is 1. The van der Waals surface area contributed by atoms with Crippen molar-refractivity contribution in [2.75, 3.05) is 13.2 Å². The van der Waals surface area contributed by atoms with E-state index in [-0.39, 0.29) is 0 Å². The lowest BCUT2D eigenvalue weighted by Gasteiger charge is -2.20. The van der Waals surface area contributed by atoms with Crippen molar-refractivity contribution in [1.82, 2.24) is 5.32 Å². The number of hydrogen-bond acceptors (Lipinski definition) is 2. The van der Waals surface area contributed by atoms with Crippen LogP contribution in [-0.2, 0) is 11.2 Å². The van der Waals surface area contributed by atoms with Gasteiger partial charge in [0.2, 0.25) is 0 Å². The normalized spacial score (nSPS) is 14.6. The zero-order chi connectivity index (χ0) is 12.7. The molecule has 0 fully saturated rings. The first-order valence-corrected chi connectivity index (χ1v) is 6.57. The van der Waals surface area contributed by atoms with Gasteiger partial charge in [0.1, 0.15) is 0 Å². The van der Waals surface area contributed by atoms with Gasteiger partial charge in [-0.3, -0.25) is 0 Å². The first-order chi connectivity index (χ1) is 8.11. The molecule has 17 heavy (non-hydrogen) atoms. The van der Waals surface area contributed by atoms with Crippen LogP contribution in [0.4, 0.5) is 0 Å². The molecule has 1 aromatic carbocycles. The summed E-state index contributed by atoms with van der Waals surface area (Å²) in [4.78, 5) is 0. The first-order valence-electron chi connectivity index (χ1n) is 6.20. The van der Waals surface area contributed by atoms with Crippen LogP contribution in [0.25, 0.3) is 0 Å². The van der Waals surface area contributed by atoms with Crippen molar-refractivity contribution in [3.63, 3.8) is 0 Å². The molecule has 0 heterocycles. The van der Waals surface area contributed by atoms with Gasteiger partial charge in [0.25, 0.3) is 0 Å². The van der Waals surface area contributed by atoms with Crippen LogP contribution in [-0.4, -0.2) is 25.3 Å². The van der Waals surface area contributed by atoms with Crippen molar-refractivity contribution in [2.24, 2.45) is 0 Å². The van der Waals surface area contributed by atoms with Gasteiger partial charge in [0, 0.05) is 23.7 Å². The quantitative estimate of drug-likeness (QED) is 0.807. The van der Waals surface area contributed by atoms with Crippen LogP contribution < -0.4 is 5.32 Å². The van der Waals surface area contributed by atoms with Crippen molar-refractivity contribution in [2.45, 2.75) is 39.3 Å². The van der Waals surface area contributed by atoms with Gasteiger partial charge in [0.05, 0.1) is 6.61 Å². The minimum absolute atomic E-state index is 0.379. The second-order valence-electron chi connectivity index (χ2n) is 4.46. The summed E-state index contributed by atoms with van der Waals surface area (Å²) in [7, 11) is 0. The molecule has 0 amide bonds. The van der Waals surface area contributed by atoms with Crippen LogP contribution in [0.1, 0.15) is 26.3 Å². The van der Waals surface area contributed by atoms with Crippen molar-refractivity contribution >= 4 is 11.6 Å². The topological polar surface area (TPSA) is 21.3 Å². The molecule has 1 rings (SSSR count). The van der Waals surface area contributed by atoms with Crippen LogP contribution in [0.2, 0.25) is 5.02 Å². The van der Waals surface area contributed by atoms with Crippen LogP contribution in [0.5, 0.6) is 0 Å². The predicted octanol–water partition coefficient (Wildman–Crippen LogP) is 3.29. The lowest BCUT2D eigenvalue weighted by atomic mass is 10.1. The molecule has 3 heteroatoms. The van der Waals surface area contributed by atoms with Gasteiger partial charge in [0.15, 0.2) is 0 Å². The number of nitrogens with one attached hydrogen (secondary N) is 1. The molecule has 2 atom stereocenters. The van der Waals surface area contributed by atoms with E-state index >= 15 is 0 Å². The molecule has 2 unspecified atom stereocenters. The number of hydrogen-bond donors (Lipinski definition) is 1. The Balaban J connectivity index is 2.36. The summed E-state index contributed by atoms with van der Waals surface area (Å²) in [5, 5.41) is 4.32. The number of halogens is 1. The van der Waals surface area contributed by atoms with Gasteiger partial charge in [-0.05, 0) is 44.9 Å². The van der Waals surface area contributed by atoms with Crippen molar-refractivity contribution in [3.8, 4) is 0 Å². The van der Waals surface area contributed by atoms with Crippen LogP contribution in [0.15, 0.2) is 24.3 Å². The Hall–Kier alpha value is -0.570. The Morgan fingerprint density at radius 2 is 2.06 bits per heavy atom. The molecule has 96 valence electrons. The molecule has 0 saturated carbocycles. The predicted molar refractivity (Wildman–Crippen MR) is 73.7 cm³/mol. The third-order valence-corrected chi connectivity index (χ3v) is 2.81. The SMILES string of the molecule is CCOCC(C)NC(C)Cc1cccc(Cl)c1. The summed E-state index contributed by atoms with van der Waals surface area (Å²) in [6.45, 7) is 7.88. The maximum absolute atomic E-state index is 5.96. The third-order valence-electron chi connectivity index (χ3n) is 2.57. The highest BCUT2D eigenvalue weighted by atomic mass is 35.5. The van der Waals surface area contributed by atoms with E-state index in [0.717, 1.165) is 24.7 Å². The third kappa shape index (κ3) is 6.06. The van der Waals surface area contributed by atoms with E-state index in [1.807, 2.05) is 25.1 Å². The number of benzene rings is 1. The molecule has 0 bridgehead atoms. The standard InChI is InChI=1S/C14H22ClNO/c1-4-17-10-12(3)16-11(2)8-13-6-5-7-14(15)9-13/h5-7,9,11-12,16H,4,8,10H2,1-3H3. The maximum Gasteiger partial charge on any atom is 0.0616 e. The Kier molecular flexibility index (Phi) is 6.56. The molecule has 0 radical (unpaired) electrons. The largest absolute Gasteiger partial charge is 0.380 e. The van der Waals surface area contributed by atoms with Crippen molar-refractivity contribution < 1.29 is 4.74 Å². The van der Waals surface area contributed by atoms with E-state index in [9.17, 15) is 0 Å². The summed E-state index contributed by atoms with van der Waals surface area (Å²) >= 11 is 5.96. The maximum atomic E-state index is 5.96. The Morgan fingerprint density at radius 1 is 1.29 bits per heavy atom. The minimum Gasteiger partial charge on any atom is -0.380 e.